The van der Waals surface area contributed by atoms with Gasteiger partial charge < -0.3 is 10.2 Å². The SMILES string of the molecule is CC(C)CN(C)CCNC(C)C(C)C. The second-order valence-electron chi connectivity index (χ2n) is 5.14. The molecular formula is C12H28N2. The molecule has 0 aromatic rings. The minimum atomic E-state index is 0.627. The molecule has 0 rings (SSSR count). The largest absolute Gasteiger partial charge is 0.313 e. The quantitative estimate of drug-likeness (QED) is 0.678. The summed E-state index contributed by atoms with van der Waals surface area (Å²) in [5.74, 6) is 1.49. The summed E-state index contributed by atoms with van der Waals surface area (Å²) in [5.41, 5.74) is 0. The van der Waals surface area contributed by atoms with Gasteiger partial charge in [0.2, 0.25) is 0 Å². The Morgan fingerprint density at radius 1 is 1.07 bits per heavy atom. The molecule has 0 aliphatic heterocycles. The van der Waals surface area contributed by atoms with Gasteiger partial charge in [0.25, 0.3) is 0 Å². The van der Waals surface area contributed by atoms with Crippen LogP contribution in [0.4, 0.5) is 0 Å². The molecule has 0 aromatic heterocycles. The molecule has 86 valence electrons. The maximum Gasteiger partial charge on any atom is 0.0104 e. The van der Waals surface area contributed by atoms with E-state index in [0.717, 1.165) is 24.9 Å². The fraction of sp³-hybridized carbons (Fsp3) is 1.00. The van der Waals surface area contributed by atoms with Crippen molar-refractivity contribution in [3.05, 3.63) is 0 Å². The van der Waals surface area contributed by atoms with Crippen LogP contribution in [-0.2, 0) is 0 Å². The molecule has 2 nitrogen and oxygen atoms in total. The van der Waals surface area contributed by atoms with Crippen molar-refractivity contribution in [1.29, 1.82) is 0 Å². The zero-order valence-electron chi connectivity index (χ0n) is 10.8. The summed E-state index contributed by atoms with van der Waals surface area (Å²) >= 11 is 0. The van der Waals surface area contributed by atoms with Crippen LogP contribution in [0.2, 0.25) is 0 Å². The van der Waals surface area contributed by atoms with Gasteiger partial charge >= 0.3 is 0 Å². The monoisotopic (exact) mass is 200 g/mol. The van der Waals surface area contributed by atoms with Crippen LogP contribution in [0.1, 0.15) is 34.6 Å². The van der Waals surface area contributed by atoms with Gasteiger partial charge in [-0.2, -0.15) is 0 Å². The highest BCUT2D eigenvalue weighted by Gasteiger charge is 2.06. The third kappa shape index (κ3) is 7.34. The molecule has 0 radical (unpaired) electrons. The lowest BCUT2D eigenvalue weighted by molar-refractivity contribution is 0.284. The molecule has 1 N–H and O–H groups in total. The highest BCUT2D eigenvalue weighted by molar-refractivity contribution is 4.65. The van der Waals surface area contributed by atoms with E-state index in [0.29, 0.717) is 6.04 Å². The summed E-state index contributed by atoms with van der Waals surface area (Å²) in [5, 5.41) is 3.54. The van der Waals surface area contributed by atoms with Crippen molar-refractivity contribution in [2.75, 3.05) is 26.7 Å². The van der Waals surface area contributed by atoms with Gasteiger partial charge in [-0.25, -0.2) is 0 Å². The van der Waals surface area contributed by atoms with Crippen molar-refractivity contribution in [3.8, 4) is 0 Å². The fourth-order valence-electron chi connectivity index (χ4n) is 1.43. The standard InChI is InChI=1S/C12H28N2/c1-10(2)9-14(6)8-7-13-12(5)11(3)4/h10-13H,7-9H2,1-6H3. The predicted octanol–water partition coefficient (Wildman–Crippen LogP) is 2.21. The van der Waals surface area contributed by atoms with Crippen molar-refractivity contribution in [2.24, 2.45) is 11.8 Å². The molecule has 0 aromatic carbocycles. The van der Waals surface area contributed by atoms with Gasteiger partial charge in [-0.3, -0.25) is 0 Å². The lowest BCUT2D eigenvalue weighted by Crippen LogP contribution is -2.37. The van der Waals surface area contributed by atoms with E-state index in [2.05, 4.69) is 51.9 Å². The van der Waals surface area contributed by atoms with Gasteiger partial charge in [0.1, 0.15) is 0 Å². The average Bonchev–Trinajstić information content (AvgIpc) is 2.02. The Kier molecular flexibility index (Phi) is 7.20. The van der Waals surface area contributed by atoms with Crippen LogP contribution in [0.5, 0.6) is 0 Å². The van der Waals surface area contributed by atoms with E-state index in [-0.39, 0.29) is 0 Å². The Labute approximate surface area is 90.1 Å². The number of rotatable bonds is 7. The Morgan fingerprint density at radius 3 is 2.07 bits per heavy atom. The molecule has 0 aliphatic carbocycles. The Hall–Kier alpha value is -0.0800. The summed E-state index contributed by atoms with van der Waals surface area (Å²) in [6.07, 6.45) is 0. The molecule has 2 heteroatoms. The summed E-state index contributed by atoms with van der Waals surface area (Å²) in [4.78, 5) is 2.39. The molecule has 0 bridgehead atoms. The van der Waals surface area contributed by atoms with Crippen LogP contribution < -0.4 is 5.32 Å². The third-order valence-corrected chi connectivity index (χ3v) is 2.64. The first kappa shape index (κ1) is 13.9. The number of likely N-dealkylation sites (N-methyl/N-ethyl adjacent to an activating group) is 1. The Bertz CT molecular complexity index is 132. The zero-order chi connectivity index (χ0) is 11.1. The molecule has 0 fully saturated rings. The van der Waals surface area contributed by atoms with Crippen molar-refractivity contribution < 1.29 is 0 Å². The average molecular weight is 200 g/mol. The van der Waals surface area contributed by atoms with Crippen LogP contribution in [0.15, 0.2) is 0 Å². The summed E-state index contributed by atoms with van der Waals surface area (Å²) in [7, 11) is 2.20. The van der Waals surface area contributed by atoms with Gasteiger partial charge in [0, 0.05) is 25.7 Å². The van der Waals surface area contributed by atoms with Crippen LogP contribution in [-0.4, -0.2) is 37.6 Å². The summed E-state index contributed by atoms with van der Waals surface area (Å²) in [6, 6.07) is 0.627. The third-order valence-electron chi connectivity index (χ3n) is 2.64. The first-order chi connectivity index (χ1) is 6.43. The van der Waals surface area contributed by atoms with E-state index in [1.165, 1.54) is 6.54 Å². The molecule has 0 amide bonds. The molecule has 0 spiro atoms. The van der Waals surface area contributed by atoms with Crippen LogP contribution in [0, 0.1) is 11.8 Å². The first-order valence-electron chi connectivity index (χ1n) is 5.85. The topological polar surface area (TPSA) is 15.3 Å². The molecule has 0 heterocycles. The van der Waals surface area contributed by atoms with E-state index in [4.69, 9.17) is 0 Å². The van der Waals surface area contributed by atoms with Crippen molar-refractivity contribution in [2.45, 2.75) is 40.7 Å². The van der Waals surface area contributed by atoms with Crippen LogP contribution in [0.3, 0.4) is 0 Å². The minimum absolute atomic E-state index is 0.627. The molecule has 14 heavy (non-hydrogen) atoms. The van der Waals surface area contributed by atoms with Crippen molar-refractivity contribution in [3.63, 3.8) is 0 Å². The molecule has 0 aliphatic rings. The summed E-state index contributed by atoms with van der Waals surface area (Å²) in [6.45, 7) is 14.7. The molecular weight excluding hydrogens is 172 g/mol. The number of hydrogen-bond donors (Lipinski definition) is 1. The van der Waals surface area contributed by atoms with E-state index >= 15 is 0 Å². The van der Waals surface area contributed by atoms with Crippen molar-refractivity contribution in [1.82, 2.24) is 10.2 Å². The van der Waals surface area contributed by atoms with E-state index in [1.807, 2.05) is 0 Å². The van der Waals surface area contributed by atoms with Gasteiger partial charge in [0.05, 0.1) is 0 Å². The van der Waals surface area contributed by atoms with Gasteiger partial charge in [-0.15, -0.1) is 0 Å². The van der Waals surface area contributed by atoms with Crippen LogP contribution in [0.25, 0.3) is 0 Å². The highest BCUT2D eigenvalue weighted by atomic mass is 15.1. The molecule has 0 saturated heterocycles. The van der Waals surface area contributed by atoms with E-state index in [1.54, 1.807) is 0 Å². The normalized spacial score (nSPS) is 14.4. The molecule has 1 unspecified atom stereocenters. The number of nitrogens with one attached hydrogen (secondary N) is 1. The number of nitrogens with zero attached hydrogens (tertiary/aromatic N) is 1. The van der Waals surface area contributed by atoms with Crippen LogP contribution >= 0.6 is 0 Å². The summed E-state index contributed by atoms with van der Waals surface area (Å²) < 4.78 is 0. The Morgan fingerprint density at radius 2 is 1.64 bits per heavy atom. The second kappa shape index (κ2) is 7.24. The number of hydrogen-bond acceptors (Lipinski definition) is 2. The second-order valence-corrected chi connectivity index (χ2v) is 5.14. The van der Waals surface area contributed by atoms with Gasteiger partial charge in [0.15, 0.2) is 0 Å². The van der Waals surface area contributed by atoms with E-state index < -0.39 is 0 Å². The fourth-order valence-corrected chi connectivity index (χ4v) is 1.43. The van der Waals surface area contributed by atoms with E-state index in [9.17, 15) is 0 Å². The lowest BCUT2D eigenvalue weighted by Gasteiger charge is -2.22. The van der Waals surface area contributed by atoms with Crippen molar-refractivity contribution >= 4 is 0 Å². The smallest absolute Gasteiger partial charge is 0.0104 e. The highest BCUT2D eigenvalue weighted by Crippen LogP contribution is 1.99. The molecule has 0 saturated carbocycles. The van der Waals surface area contributed by atoms with Gasteiger partial charge in [-0.1, -0.05) is 27.7 Å². The zero-order valence-corrected chi connectivity index (χ0v) is 10.8. The van der Waals surface area contributed by atoms with Gasteiger partial charge in [-0.05, 0) is 25.8 Å². The Balaban J connectivity index is 3.44. The minimum Gasteiger partial charge on any atom is -0.313 e. The first-order valence-corrected chi connectivity index (χ1v) is 5.85. The predicted molar refractivity (Wildman–Crippen MR) is 64.6 cm³/mol. The maximum absolute atomic E-state index is 3.54. The maximum atomic E-state index is 3.54. The lowest BCUT2D eigenvalue weighted by atomic mass is 10.1. The molecule has 1 atom stereocenters.